The zero-order valence-electron chi connectivity index (χ0n) is 15.4. The number of rotatable bonds is 5. The van der Waals surface area contributed by atoms with Gasteiger partial charge in [0.2, 0.25) is 10.0 Å². The molecule has 2 aromatic heterocycles. The molecule has 3 heterocycles. The number of nitrogens with zero attached hydrogens (tertiary/aromatic N) is 5. The summed E-state index contributed by atoms with van der Waals surface area (Å²) >= 11 is 0. The van der Waals surface area contributed by atoms with E-state index >= 15 is 0 Å². The van der Waals surface area contributed by atoms with Crippen LogP contribution in [0.2, 0.25) is 0 Å². The lowest BCUT2D eigenvalue weighted by Crippen LogP contribution is -2.48. The van der Waals surface area contributed by atoms with Gasteiger partial charge in [-0.25, -0.2) is 27.8 Å². The van der Waals surface area contributed by atoms with E-state index in [1.54, 1.807) is 12.3 Å². The Bertz CT molecular complexity index is 1070. The van der Waals surface area contributed by atoms with Gasteiger partial charge in [0.1, 0.15) is 29.6 Å². The zero-order chi connectivity index (χ0) is 20.3. The molecule has 0 aliphatic carbocycles. The second kappa shape index (κ2) is 8.10. The number of pyridine rings is 1. The highest BCUT2D eigenvalue weighted by Crippen LogP contribution is 2.22. The molecule has 0 unspecified atom stereocenters. The first-order valence-electron chi connectivity index (χ1n) is 9.03. The summed E-state index contributed by atoms with van der Waals surface area (Å²) in [6.07, 6.45) is 3.15. The molecule has 8 nitrogen and oxygen atoms in total. The van der Waals surface area contributed by atoms with Crippen LogP contribution in [0.25, 0.3) is 0 Å². The summed E-state index contributed by atoms with van der Waals surface area (Å²) in [5.41, 5.74) is 0. The summed E-state index contributed by atoms with van der Waals surface area (Å²) in [6, 6.07) is 12.2. The Morgan fingerprint density at radius 3 is 2.34 bits per heavy atom. The highest BCUT2D eigenvalue weighted by atomic mass is 32.2. The molecule has 150 valence electrons. The number of anilines is 3. The molecule has 4 rings (SSSR count). The topological polar surface area (TPSA) is 91.3 Å². The Labute approximate surface area is 168 Å². The minimum Gasteiger partial charge on any atom is -0.354 e. The second-order valence-corrected chi connectivity index (χ2v) is 8.38. The number of sulfonamides is 1. The minimum absolute atomic E-state index is 0.0937. The molecule has 0 atom stereocenters. The number of aromatic nitrogens is 3. The molecular formula is C19H19FN6O2S. The van der Waals surface area contributed by atoms with E-state index in [9.17, 15) is 12.8 Å². The van der Waals surface area contributed by atoms with Crippen LogP contribution in [-0.2, 0) is 10.0 Å². The Morgan fingerprint density at radius 1 is 0.897 bits per heavy atom. The lowest BCUT2D eigenvalue weighted by Gasteiger charge is -2.34. The summed E-state index contributed by atoms with van der Waals surface area (Å²) in [6.45, 7) is 1.60. The van der Waals surface area contributed by atoms with E-state index in [1.165, 1.54) is 22.8 Å². The quantitative estimate of drug-likeness (QED) is 0.685. The van der Waals surface area contributed by atoms with E-state index in [-0.39, 0.29) is 4.90 Å². The van der Waals surface area contributed by atoms with Gasteiger partial charge in [0.05, 0.1) is 4.90 Å². The summed E-state index contributed by atoms with van der Waals surface area (Å²) in [7, 11) is -3.65. The van der Waals surface area contributed by atoms with Crippen LogP contribution in [0.4, 0.5) is 21.8 Å². The van der Waals surface area contributed by atoms with Crippen LogP contribution in [0.3, 0.4) is 0 Å². The van der Waals surface area contributed by atoms with Crippen LogP contribution in [0.1, 0.15) is 0 Å². The zero-order valence-corrected chi connectivity index (χ0v) is 16.3. The maximum absolute atomic E-state index is 13.1. The van der Waals surface area contributed by atoms with Crippen molar-refractivity contribution in [1.82, 2.24) is 19.3 Å². The van der Waals surface area contributed by atoms with Crippen molar-refractivity contribution in [2.24, 2.45) is 0 Å². The van der Waals surface area contributed by atoms with Crippen LogP contribution < -0.4 is 10.2 Å². The SMILES string of the molecule is O=S(=O)(c1ccc(F)cc1)N1CCN(c2cc(Nc3ccccn3)ncn2)CC1. The third-order valence-electron chi connectivity index (χ3n) is 4.59. The summed E-state index contributed by atoms with van der Waals surface area (Å²) in [5.74, 6) is 1.52. The summed E-state index contributed by atoms with van der Waals surface area (Å²) < 4.78 is 40.0. The standard InChI is InChI=1S/C19H19FN6O2S/c20-15-4-6-16(7-5-15)29(27,28)26-11-9-25(10-12-26)19-13-18(22-14-23-19)24-17-3-1-2-8-21-17/h1-8,13-14H,9-12H2,(H,21,22,23,24). The van der Waals surface area contributed by atoms with Crippen molar-refractivity contribution in [1.29, 1.82) is 0 Å². The molecule has 10 heteroatoms. The first kappa shape index (κ1) is 19.2. The fourth-order valence-corrected chi connectivity index (χ4v) is 4.49. The van der Waals surface area contributed by atoms with E-state index in [2.05, 4.69) is 20.3 Å². The fourth-order valence-electron chi connectivity index (χ4n) is 3.07. The first-order valence-corrected chi connectivity index (χ1v) is 10.5. The Hall–Kier alpha value is -3.11. The van der Waals surface area contributed by atoms with Gasteiger partial charge in [-0.05, 0) is 36.4 Å². The van der Waals surface area contributed by atoms with Crippen LogP contribution in [0, 0.1) is 5.82 Å². The molecule has 0 radical (unpaired) electrons. The lowest BCUT2D eigenvalue weighted by atomic mass is 10.3. The monoisotopic (exact) mass is 414 g/mol. The van der Waals surface area contributed by atoms with Crippen LogP contribution in [0.5, 0.6) is 0 Å². The van der Waals surface area contributed by atoms with Crippen molar-refractivity contribution >= 4 is 27.5 Å². The van der Waals surface area contributed by atoms with Crippen LogP contribution in [0.15, 0.2) is 66.0 Å². The predicted molar refractivity (Wildman–Crippen MR) is 107 cm³/mol. The molecule has 0 amide bonds. The molecule has 0 spiro atoms. The van der Waals surface area contributed by atoms with E-state index in [1.807, 2.05) is 23.1 Å². The molecule has 3 aromatic rings. The van der Waals surface area contributed by atoms with Crippen molar-refractivity contribution in [3.8, 4) is 0 Å². The normalized spacial score (nSPS) is 15.3. The van der Waals surface area contributed by atoms with Gasteiger partial charge in [-0.15, -0.1) is 0 Å². The number of hydrogen-bond acceptors (Lipinski definition) is 7. The molecule has 0 saturated carbocycles. The average molecular weight is 414 g/mol. The Balaban J connectivity index is 1.43. The maximum atomic E-state index is 13.1. The third-order valence-corrected chi connectivity index (χ3v) is 6.50. The highest BCUT2D eigenvalue weighted by molar-refractivity contribution is 7.89. The van der Waals surface area contributed by atoms with Crippen LogP contribution in [-0.4, -0.2) is 53.9 Å². The Morgan fingerprint density at radius 2 is 1.66 bits per heavy atom. The van der Waals surface area contributed by atoms with Crippen LogP contribution >= 0.6 is 0 Å². The molecule has 29 heavy (non-hydrogen) atoms. The molecule has 1 aliphatic heterocycles. The van der Waals surface area contributed by atoms with Gasteiger partial charge in [-0.2, -0.15) is 4.31 Å². The number of halogens is 1. The maximum Gasteiger partial charge on any atom is 0.243 e. The Kier molecular flexibility index (Phi) is 5.36. The van der Waals surface area contributed by atoms with E-state index in [0.717, 1.165) is 12.1 Å². The van der Waals surface area contributed by atoms with E-state index in [0.29, 0.717) is 43.6 Å². The third kappa shape index (κ3) is 4.33. The van der Waals surface area contributed by atoms with Crippen molar-refractivity contribution in [2.75, 3.05) is 36.4 Å². The fraction of sp³-hybridized carbons (Fsp3) is 0.211. The molecule has 1 saturated heterocycles. The van der Waals surface area contributed by atoms with Crippen molar-refractivity contribution < 1.29 is 12.8 Å². The van der Waals surface area contributed by atoms with Crippen molar-refractivity contribution in [2.45, 2.75) is 4.90 Å². The summed E-state index contributed by atoms with van der Waals surface area (Å²) in [4.78, 5) is 14.8. The van der Waals surface area contributed by atoms with Gasteiger partial charge >= 0.3 is 0 Å². The first-order chi connectivity index (χ1) is 14.0. The molecule has 0 bridgehead atoms. The smallest absolute Gasteiger partial charge is 0.243 e. The van der Waals surface area contributed by atoms with E-state index in [4.69, 9.17) is 0 Å². The average Bonchev–Trinajstić information content (AvgIpc) is 2.75. The van der Waals surface area contributed by atoms with Gasteiger partial charge < -0.3 is 10.2 Å². The van der Waals surface area contributed by atoms with Gasteiger partial charge in [0.25, 0.3) is 0 Å². The van der Waals surface area contributed by atoms with Crippen molar-refractivity contribution in [3.05, 3.63) is 66.9 Å². The molecular weight excluding hydrogens is 395 g/mol. The van der Waals surface area contributed by atoms with Gasteiger partial charge in [-0.3, -0.25) is 0 Å². The largest absolute Gasteiger partial charge is 0.354 e. The number of hydrogen-bond donors (Lipinski definition) is 1. The van der Waals surface area contributed by atoms with Gasteiger partial charge in [0.15, 0.2) is 0 Å². The molecule has 1 N–H and O–H groups in total. The van der Waals surface area contributed by atoms with Gasteiger partial charge in [-0.1, -0.05) is 6.07 Å². The van der Waals surface area contributed by atoms with E-state index < -0.39 is 15.8 Å². The number of nitrogens with one attached hydrogen (secondary N) is 1. The number of benzene rings is 1. The summed E-state index contributed by atoms with van der Waals surface area (Å²) in [5, 5.41) is 3.12. The highest BCUT2D eigenvalue weighted by Gasteiger charge is 2.29. The second-order valence-electron chi connectivity index (χ2n) is 6.45. The van der Waals surface area contributed by atoms with Crippen molar-refractivity contribution in [3.63, 3.8) is 0 Å². The molecule has 1 aliphatic rings. The predicted octanol–water partition coefficient (Wildman–Crippen LogP) is 2.27. The molecule has 1 aromatic carbocycles. The number of piperazine rings is 1. The van der Waals surface area contributed by atoms with Gasteiger partial charge in [0, 0.05) is 38.4 Å². The lowest BCUT2D eigenvalue weighted by molar-refractivity contribution is 0.383. The minimum atomic E-state index is -3.65. The molecule has 1 fully saturated rings.